The lowest BCUT2D eigenvalue weighted by molar-refractivity contribution is -0.171. The summed E-state index contributed by atoms with van der Waals surface area (Å²) in [4.78, 5) is 66.6. The Morgan fingerprint density at radius 3 is 0.889 bits per heavy atom. The SMILES string of the molecule is O=C(CCn1ccnc1)OCC(COC(=O)CCn1ccnc1)(COC(=O)CCn1ccnc1)COC(=O)CCn1ccnc1. The van der Waals surface area contributed by atoms with E-state index in [1.165, 1.54) is 0 Å². The van der Waals surface area contributed by atoms with Crippen molar-refractivity contribution >= 4 is 23.9 Å². The molecule has 0 amide bonds. The molecule has 16 nitrogen and oxygen atoms in total. The van der Waals surface area contributed by atoms with Gasteiger partial charge in [-0.3, -0.25) is 19.2 Å². The zero-order chi connectivity index (χ0) is 31.7. The van der Waals surface area contributed by atoms with Gasteiger partial charge in [-0.15, -0.1) is 0 Å². The molecule has 4 heterocycles. The van der Waals surface area contributed by atoms with Gasteiger partial charge in [0.2, 0.25) is 0 Å². The molecule has 0 radical (unpaired) electrons. The maximum Gasteiger partial charge on any atom is 0.307 e. The smallest absolute Gasteiger partial charge is 0.307 e. The summed E-state index contributed by atoms with van der Waals surface area (Å²) in [5, 5.41) is 0. The van der Waals surface area contributed by atoms with Crippen LogP contribution in [0.25, 0.3) is 0 Å². The first-order valence-corrected chi connectivity index (χ1v) is 14.3. The van der Waals surface area contributed by atoms with E-state index in [2.05, 4.69) is 19.9 Å². The van der Waals surface area contributed by atoms with Crippen molar-refractivity contribution in [1.82, 2.24) is 38.2 Å². The maximum atomic E-state index is 12.7. The standard InChI is InChI=1S/C29H36N8O8/c38-25(1-9-34-13-5-30-21-34)42-17-29(18-43-26(39)2-10-35-14-6-31-22-35,19-44-27(40)3-11-36-15-7-32-23-36)20-45-28(41)4-12-37-16-8-33-24-37/h5-8,13-16,21-24H,1-4,9-12,17-20H2. The van der Waals surface area contributed by atoms with Crippen molar-refractivity contribution in [2.24, 2.45) is 5.41 Å². The van der Waals surface area contributed by atoms with Gasteiger partial charge in [0.25, 0.3) is 0 Å². The minimum absolute atomic E-state index is 0.0342. The fraction of sp³-hybridized carbons (Fsp3) is 0.448. The Kier molecular flexibility index (Phi) is 12.4. The van der Waals surface area contributed by atoms with Crippen LogP contribution in [-0.4, -0.2) is 88.5 Å². The lowest BCUT2D eigenvalue weighted by atomic mass is 9.92. The molecule has 0 atom stereocenters. The average Bonchev–Trinajstić information content (AvgIpc) is 3.89. The van der Waals surface area contributed by atoms with Crippen molar-refractivity contribution in [3.05, 3.63) is 74.9 Å². The third-order valence-corrected chi connectivity index (χ3v) is 6.69. The second kappa shape index (κ2) is 17.1. The Hall–Kier alpha value is -5.28. The topological polar surface area (TPSA) is 176 Å². The third-order valence-electron chi connectivity index (χ3n) is 6.69. The molecule has 16 heteroatoms. The molecule has 240 valence electrons. The molecule has 0 N–H and O–H groups in total. The number of aryl methyl sites for hydroxylation is 4. The number of imidazole rings is 4. The van der Waals surface area contributed by atoms with Gasteiger partial charge in [-0.1, -0.05) is 0 Å². The maximum absolute atomic E-state index is 12.7. The van der Waals surface area contributed by atoms with Crippen LogP contribution in [-0.2, 0) is 64.3 Å². The van der Waals surface area contributed by atoms with Gasteiger partial charge in [-0.05, 0) is 0 Å². The molecule has 0 aromatic carbocycles. The first-order valence-electron chi connectivity index (χ1n) is 14.3. The molecule has 0 bridgehead atoms. The van der Waals surface area contributed by atoms with E-state index < -0.39 is 29.3 Å². The summed E-state index contributed by atoms with van der Waals surface area (Å²) in [6.07, 6.45) is 19.7. The molecule has 0 aliphatic rings. The minimum atomic E-state index is -1.37. The molecular formula is C29H36N8O8. The highest BCUT2D eigenvalue weighted by molar-refractivity contribution is 5.71. The number of hydrogen-bond donors (Lipinski definition) is 0. The summed E-state index contributed by atoms with van der Waals surface area (Å²) >= 11 is 0. The van der Waals surface area contributed by atoms with Gasteiger partial charge in [-0.25, -0.2) is 19.9 Å². The highest BCUT2D eigenvalue weighted by Gasteiger charge is 2.38. The van der Waals surface area contributed by atoms with Gasteiger partial charge >= 0.3 is 23.9 Å². The number of carbonyl (C=O) groups is 4. The van der Waals surface area contributed by atoms with Crippen LogP contribution in [0.2, 0.25) is 0 Å². The number of ether oxygens (including phenoxy) is 4. The Morgan fingerprint density at radius 2 is 0.689 bits per heavy atom. The molecule has 4 rings (SSSR count). The summed E-state index contributed by atoms with van der Waals surface area (Å²) < 4.78 is 29.2. The fourth-order valence-corrected chi connectivity index (χ4v) is 4.03. The van der Waals surface area contributed by atoms with E-state index in [1.807, 2.05) is 0 Å². The predicted octanol–water partition coefficient (Wildman–Crippen LogP) is 1.29. The van der Waals surface area contributed by atoms with Crippen molar-refractivity contribution in [3.8, 4) is 0 Å². The number of esters is 4. The lowest BCUT2D eigenvalue weighted by Crippen LogP contribution is -2.44. The molecule has 0 aliphatic heterocycles. The van der Waals surface area contributed by atoms with E-state index in [-0.39, 0.29) is 52.1 Å². The molecule has 0 fully saturated rings. The van der Waals surface area contributed by atoms with Gasteiger partial charge in [0.05, 0.1) is 51.0 Å². The van der Waals surface area contributed by atoms with Crippen molar-refractivity contribution in [2.75, 3.05) is 26.4 Å². The van der Waals surface area contributed by atoms with Crippen LogP contribution < -0.4 is 0 Å². The van der Waals surface area contributed by atoms with E-state index in [0.717, 1.165) is 0 Å². The van der Waals surface area contributed by atoms with Crippen molar-refractivity contribution in [2.45, 2.75) is 51.9 Å². The van der Waals surface area contributed by atoms with Gasteiger partial charge < -0.3 is 37.2 Å². The number of rotatable bonds is 20. The summed E-state index contributed by atoms with van der Waals surface area (Å²) in [6.45, 7) is -0.0170. The molecule has 45 heavy (non-hydrogen) atoms. The van der Waals surface area contributed by atoms with E-state index in [4.69, 9.17) is 18.9 Å². The van der Waals surface area contributed by atoms with E-state index in [0.29, 0.717) is 26.2 Å². The second-order valence-electron chi connectivity index (χ2n) is 10.3. The van der Waals surface area contributed by atoms with E-state index in [9.17, 15) is 19.2 Å². The minimum Gasteiger partial charge on any atom is -0.465 e. The molecule has 4 aromatic rings. The summed E-state index contributed by atoms with van der Waals surface area (Å²) in [7, 11) is 0. The average molecular weight is 625 g/mol. The Morgan fingerprint density at radius 1 is 0.444 bits per heavy atom. The quantitative estimate of drug-likeness (QED) is 0.102. The van der Waals surface area contributed by atoms with Crippen LogP contribution in [0.3, 0.4) is 0 Å². The third kappa shape index (κ3) is 11.7. The van der Waals surface area contributed by atoms with Crippen LogP contribution in [0.5, 0.6) is 0 Å². The molecule has 0 unspecified atom stereocenters. The van der Waals surface area contributed by atoms with Gasteiger partial charge in [-0.2, -0.15) is 0 Å². The van der Waals surface area contributed by atoms with Crippen molar-refractivity contribution < 1.29 is 38.1 Å². The van der Waals surface area contributed by atoms with Crippen LogP contribution in [0.4, 0.5) is 0 Å². The molecule has 0 saturated carbocycles. The van der Waals surface area contributed by atoms with Gasteiger partial charge in [0, 0.05) is 75.8 Å². The number of carbonyl (C=O) groups excluding carboxylic acids is 4. The fourth-order valence-electron chi connectivity index (χ4n) is 4.03. The predicted molar refractivity (Wildman–Crippen MR) is 154 cm³/mol. The molecule has 4 aromatic heterocycles. The molecule has 0 spiro atoms. The van der Waals surface area contributed by atoms with E-state index >= 15 is 0 Å². The van der Waals surface area contributed by atoms with Crippen LogP contribution in [0.15, 0.2) is 74.9 Å². The van der Waals surface area contributed by atoms with Gasteiger partial charge in [0.1, 0.15) is 31.8 Å². The molecular weight excluding hydrogens is 588 g/mol. The summed E-state index contributed by atoms with van der Waals surface area (Å²) in [6, 6.07) is 0. The van der Waals surface area contributed by atoms with Gasteiger partial charge in [0.15, 0.2) is 0 Å². The Bertz CT molecular complexity index is 1210. The summed E-state index contributed by atoms with van der Waals surface area (Å²) in [5.41, 5.74) is -1.37. The van der Waals surface area contributed by atoms with Crippen LogP contribution in [0.1, 0.15) is 25.7 Å². The summed E-state index contributed by atoms with van der Waals surface area (Å²) in [5.74, 6) is -2.18. The van der Waals surface area contributed by atoms with Crippen molar-refractivity contribution in [3.63, 3.8) is 0 Å². The number of aromatic nitrogens is 8. The normalized spacial score (nSPS) is 11.2. The Balaban J connectivity index is 1.41. The number of nitrogens with zero attached hydrogens (tertiary/aromatic N) is 8. The molecule has 0 saturated heterocycles. The highest BCUT2D eigenvalue weighted by atomic mass is 16.6. The zero-order valence-corrected chi connectivity index (χ0v) is 24.8. The van der Waals surface area contributed by atoms with Crippen LogP contribution >= 0.6 is 0 Å². The first-order chi connectivity index (χ1) is 21.9. The largest absolute Gasteiger partial charge is 0.465 e. The first kappa shape index (κ1) is 32.6. The van der Waals surface area contributed by atoms with E-state index in [1.54, 1.807) is 93.2 Å². The molecule has 0 aliphatic carbocycles. The Labute approximate surface area is 258 Å². The zero-order valence-electron chi connectivity index (χ0n) is 24.8. The van der Waals surface area contributed by atoms with Crippen LogP contribution in [0, 0.1) is 5.41 Å². The van der Waals surface area contributed by atoms with Crippen molar-refractivity contribution in [1.29, 1.82) is 0 Å². The second-order valence-corrected chi connectivity index (χ2v) is 10.3. The number of hydrogen-bond acceptors (Lipinski definition) is 12. The lowest BCUT2D eigenvalue weighted by Gasteiger charge is -2.31. The highest BCUT2D eigenvalue weighted by Crippen LogP contribution is 2.23. The monoisotopic (exact) mass is 624 g/mol.